The standard InChI is InChI=1S/C15H16ClFN2/c1-10-3-2-4-11(7-10)5-6-19-15-8-12(16)13(17)9-14(15)18/h2-4,7-9,19H,5-6,18H2,1H3. The zero-order valence-corrected chi connectivity index (χ0v) is 11.5. The molecule has 0 amide bonds. The molecule has 0 aliphatic heterocycles. The van der Waals surface area contributed by atoms with Gasteiger partial charge in [-0.05, 0) is 25.0 Å². The quantitative estimate of drug-likeness (QED) is 0.829. The highest BCUT2D eigenvalue weighted by Gasteiger charge is 2.05. The Morgan fingerprint density at radius 2 is 2.05 bits per heavy atom. The third kappa shape index (κ3) is 3.61. The van der Waals surface area contributed by atoms with Crippen LogP contribution >= 0.6 is 11.6 Å². The van der Waals surface area contributed by atoms with Crippen LogP contribution in [0.25, 0.3) is 0 Å². The molecule has 0 fully saturated rings. The van der Waals surface area contributed by atoms with Crippen LogP contribution in [0.5, 0.6) is 0 Å². The van der Waals surface area contributed by atoms with Gasteiger partial charge in [-0.15, -0.1) is 0 Å². The number of nitrogens with two attached hydrogens (primary N) is 1. The average molecular weight is 279 g/mol. The van der Waals surface area contributed by atoms with Crippen LogP contribution in [0.1, 0.15) is 11.1 Å². The van der Waals surface area contributed by atoms with Gasteiger partial charge in [0.15, 0.2) is 0 Å². The highest BCUT2D eigenvalue weighted by Crippen LogP contribution is 2.26. The van der Waals surface area contributed by atoms with Crippen LogP contribution < -0.4 is 11.1 Å². The van der Waals surface area contributed by atoms with Gasteiger partial charge in [0.25, 0.3) is 0 Å². The maximum atomic E-state index is 13.2. The number of nitrogen functional groups attached to an aromatic ring is 1. The summed E-state index contributed by atoms with van der Waals surface area (Å²) in [6.45, 7) is 2.78. The van der Waals surface area contributed by atoms with E-state index in [0.717, 1.165) is 13.0 Å². The Kier molecular flexibility index (Phi) is 4.27. The first-order valence-electron chi connectivity index (χ1n) is 6.10. The SMILES string of the molecule is Cc1cccc(CCNc2cc(Cl)c(F)cc2N)c1. The van der Waals surface area contributed by atoms with Crippen LogP contribution in [0.4, 0.5) is 15.8 Å². The van der Waals surface area contributed by atoms with E-state index >= 15 is 0 Å². The summed E-state index contributed by atoms with van der Waals surface area (Å²) >= 11 is 5.73. The molecule has 0 atom stereocenters. The summed E-state index contributed by atoms with van der Waals surface area (Å²) in [5.41, 5.74) is 9.25. The van der Waals surface area contributed by atoms with Gasteiger partial charge in [0.05, 0.1) is 16.4 Å². The van der Waals surface area contributed by atoms with Crippen LogP contribution in [0.15, 0.2) is 36.4 Å². The minimum absolute atomic E-state index is 0.0762. The second-order valence-electron chi connectivity index (χ2n) is 4.52. The van der Waals surface area contributed by atoms with E-state index in [-0.39, 0.29) is 5.02 Å². The van der Waals surface area contributed by atoms with Crippen molar-refractivity contribution in [3.63, 3.8) is 0 Å². The predicted octanol–water partition coefficient (Wildman–Crippen LogP) is 4.02. The smallest absolute Gasteiger partial charge is 0.143 e. The van der Waals surface area contributed by atoms with Gasteiger partial charge in [0.1, 0.15) is 5.82 Å². The minimum Gasteiger partial charge on any atom is -0.397 e. The number of rotatable bonds is 4. The van der Waals surface area contributed by atoms with Gasteiger partial charge < -0.3 is 11.1 Å². The van der Waals surface area contributed by atoms with Crippen molar-refractivity contribution < 1.29 is 4.39 Å². The van der Waals surface area contributed by atoms with E-state index in [1.165, 1.54) is 23.3 Å². The molecule has 0 heterocycles. The van der Waals surface area contributed by atoms with Crippen molar-refractivity contribution in [1.82, 2.24) is 0 Å². The normalized spacial score (nSPS) is 10.5. The van der Waals surface area contributed by atoms with E-state index in [1.54, 1.807) is 0 Å². The molecule has 0 saturated heterocycles. The van der Waals surface area contributed by atoms with Gasteiger partial charge in [0.2, 0.25) is 0 Å². The second-order valence-corrected chi connectivity index (χ2v) is 4.93. The highest BCUT2D eigenvalue weighted by atomic mass is 35.5. The van der Waals surface area contributed by atoms with Crippen molar-refractivity contribution in [2.75, 3.05) is 17.6 Å². The topological polar surface area (TPSA) is 38.0 Å². The van der Waals surface area contributed by atoms with Crippen molar-refractivity contribution in [2.24, 2.45) is 0 Å². The molecule has 0 unspecified atom stereocenters. The van der Waals surface area contributed by atoms with Crippen molar-refractivity contribution in [1.29, 1.82) is 0 Å². The van der Waals surface area contributed by atoms with Crippen molar-refractivity contribution in [3.8, 4) is 0 Å². The summed E-state index contributed by atoms with van der Waals surface area (Å²) in [5, 5.41) is 3.25. The summed E-state index contributed by atoms with van der Waals surface area (Å²) in [6.07, 6.45) is 0.871. The van der Waals surface area contributed by atoms with Crippen LogP contribution in [0, 0.1) is 12.7 Å². The molecule has 2 aromatic rings. The number of anilines is 2. The summed E-state index contributed by atoms with van der Waals surface area (Å²) in [7, 11) is 0. The molecule has 2 aromatic carbocycles. The molecule has 0 spiro atoms. The van der Waals surface area contributed by atoms with Crippen molar-refractivity contribution in [3.05, 3.63) is 58.4 Å². The third-order valence-electron chi connectivity index (χ3n) is 2.90. The summed E-state index contributed by atoms with van der Waals surface area (Å²) in [5.74, 6) is -0.497. The Hall–Kier alpha value is -1.74. The minimum atomic E-state index is -0.497. The first kappa shape index (κ1) is 13.7. The Labute approximate surface area is 117 Å². The third-order valence-corrected chi connectivity index (χ3v) is 3.19. The summed E-state index contributed by atoms with van der Waals surface area (Å²) < 4.78 is 13.2. The van der Waals surface area contributed by atoms with Crippen molar-refractivity contribution >= 4 is 23.0 Å². The Morgan fingerprint density at radius 1 is 1.26 bits per heavy atom. The summed E-state index contributed by atoms with van der Waals surface area (Å²) in [6, 6.07) is 11.1. The molecule has 100 valence electrons. The molecule has 0 aliphatic rings. The van der Waals surface area contributed by atoms with Gasteiger partial charge >= 0.3 is 0 Å². The summed E-state index contributed by atoms with van der Waals surface area (Å²) in [4.78, 5) is 0. The zero-order valence-electron chi connectivity index (χ0n) is 10.7. The lowest BCUT2D eigenvalue weighted by Gasteiger charge is -2.10. The second kappa shape index (κ2) is 5.93. The molecule has 4 heteroatoms. The first-order chi connectivity index (χ1) is 9.06. The van der Waals surface area contributed by atoms with Crippen LogP contribution in [-0.4, -0.2) is 6.54 Å². The molecule has 2 nitrogen and oxygen atoms in total. The molecule has 0 aromatic heterocycles. The van der Waals surface area contributed by atoms with Gasteiger partial charge in [-0.25, -0.2) is 4.39 Å². The van der Waals surface area contributed by atoms with Crippen LogP contribution in [0.2, 0.25) is 5.02 Å². The lowest BCUT2D eigenvalue weighted by atomic mass is 10.1. The van der Waals surface area contributed by atoms with Gasteiger partial charge in [-0.2, -0.15) is 0 Å². The fraction of sp³-hybridized carbons (Fsp3) is 0.200. The number of halogens is 2. The lowest BCUT2D eigenvalue weighted by molar-refractivity contribution is 0.629. The number of hydrogen-bond acceptors (Lipinski definition) is 2. The fourth-order valence-corrected chi connectivity index (χ4v) is 2.09. The zero-order chi connectivity index (χ0) is 13.8. The first-order valence-corrected chi connectivity index (χ1v) is 6.48. The van der Waals surface area contributed by atoms with E-state index < -0.39 is 5.82 Å². The Balaban J connectivity index is 1.98. The van der Waals surface area contributed by atoms with E-state index in [4.69, 9.17) is 17.3 Å². The molecule has 0 saturated carbocycles. The fourth-order valence-electron chi connectivity index (χ4n) is 1.92. The molecule has 0 radical (unpaired) electrons. The van der Waals surface area contributed by atoms with Crippen LogP contribution in [-0.2, 0) is 6.42 Å². The van der Waals surface area contributed by atoms with Gasteiger partial charge in [-0.1, -0.05) is 41.4 Å². The largest absolute Gasteiger partial charge is 0.397 e. The monoisotopic (exact) mass is 278 g/mol. The van der Waals surface area contributed by atoms with E-state index in [9.17, 15) is 4.39 Å². The lowest BCUT2D eigenvalue weighted by Crippen LogP contribution is -2.07. The van der Waals surface area contributed by atoms with Crippen molar-refractivity contribution in [2.45, 2.75) is 13.3 Å². The number of aryl methyl sites for hydroxylation is 1. The molecule has 2 rings (SSSR count). The highest BCUT2D eigenvalue weighted by molar-refractivity contribution is 6.31. The van der Waals surface area contributed by atoms with Gasteiger partial charge in [0, 0.05) is 12.6 Å². The molecule has 0 aliphatic carbocycles. The molecular formula is C15H16ClFN2. The predicted molar refractivity (Wildman–Crippen MR) is 79.2 cm³/mol. The molecule has 0 bridgehead atoms. The van der Waals surface area contributed by atoms with Crippen LogP contribution in [0.3, 0.4) is 0 Å². The molecule has 3 N–H and O–H groups in total. The molecule has 19 heavy (non-hydrogen) atoms. The van der Waals surface area contributed by atoms with E-state index in [0.29, 0.717) is 11.4 Å². The molecular weight excluding hydrogens is 263 g/mol. The maximum absolute atomic E-state index is 13.2. The average Bonchev–Trinajstić information content (AvgIpc) is 2.35. The number of benzene rings is 2. The van der Waals surface area contributed by atoms with Gasteiger partial charge in [-0.3, -0.25) is 0 Å². The maximum Gasteiger partial charge on any atom is 0.143 e. The number of nitrogens with one attached hydrogen (secondary N) is 1. The Bertz CT molecular complexity index is 584. The Morgan fingerprint density at radius 3 is 2.79 bits per heavy atom. The van der Waals surface area contributed by atoms with E-state index in [2.05, 4.69) is 30.4 Å². The number of hydrogen-bond donors (Lipinski definition) is 2. The van der Waals surface area contributed by atoms with E-state index in [1.807, 2.05) is 6.07 Å².